The Morgan fingerprint density at radius 3 is 2.50 bits per heavy atom. The Morgan fingerprint density at radius 1 is 1.50 bits per heavy atom. The molecule has 4 heteroatoms. The van der Waals surface area contributed by atoms with Crippen LogP contribution in [0, 0.1) is 5.92 Å². The molecule has 1 aliphatic rings. The number of aliphatic hydroxyl groups is 1. The minimum Gasteiger partial charge on any atom is -0.396 e. The van der Waals surface area contributed by atoms with Gasteiger partial charge < -0.3 is 14.9 Å². The van der Waals surface area contributed by atoms with Crippen molar-refractivity contribution in [1.29, 1.82) is 0 Å². The van der Waals surface area contributed by atoms with Crippen LogP contribution < -0.4 is 0 Å². The van der Waals surface area contributed by atoms with E-state index in [-0.39, 0.29) is 18.4 Å². The molecule has 0 aromatic rings. The summed E-state index contributed by atoms with van der Waals surface area (Å²) < 4.78 is 0. The van der Waals surface area contributed by atoms with Crippen LogP contribution >= 0.6 is 0 Å². The smallest absolute Gasteiger partial charge is 0.227 e. The number of amides is 1. The molecular formula is C12H24N2O2. The maximum atomic E-state index is 12.0. The first-order valence-corrected chi connectivity index (χ1v) is 6.16. The molecule has 0 aromatic heterocycles. The predicted molar refractivity (Wildman–Crippen MR) is 64.2 cm³/mol. The topological polar surface area (TPSA) is 43.8 Å². The monoisotopic (exact) mass is 228 g/mol. The van der Waals surface area contributed by atoms with Crippen molar-refractivity contribution in [3.8, 4) is 0 Å². The van der Waals surface area contributed by atoms with Gasteiger partial charge in [0.2, 0.25) is 5.91 Å². The lowest BCUT2D eigenvalue weighted by atomic mass is 10.0. The van der Waals surface area contributed by atoms with Crippen molar-refractivity contribution in [3.05, 3.63) is 0 Å². The van der Waals surface area contributed by atoms with Crippen molar-refractivity contribution in [1.82, 2.24) is 9.80 Å². The average molecular weight is 228 g/mol. The molecule has 1 rings (SSSR count). The van der Waals surface area contributed by atoms with Crippen LogP contribution in [0.4, 0.5) is 0 Å². The molecule has 16 heavy (non-hydrogen) atoms. The fourth-order valence-corrected chi connectivity index (χ4v) is 2.23. The summed E-state index contributed by atoms with van der Waals surface area (Å²) in [6.07, 6.45) is 2.80. The van der Waals surface area contributed by atoms with Gasteiger partial charge in [0.25, 0.3) is 0 Å². The van der Waals surface area contributed by atoms with E-state index in [1.807, 2.05) is 18.9 Å². The lowest BCUT2D eigenvalue weighted by molar-refractivity contribution is -0.138. The van der Waals surface area contributed by atoms with Gasteiger partial charge in [-0.05, 0) is 39.4 Å². The highest BCUT2D eigenvalue weighted by Gasteiger charge is 2.27. The zero-order valence-corrected chi connectivity index (χ0v) is 10.6. The molecule has 1 aliphatic heterocycles. The van der Waals surface area contributed by atoms with Crippen LogP contribution in [0.3, 0.4) is 0 Å². The van der Waals surface area contributed by atoms with Crippen LogP contribution in [-0.4, -0.2) is 60.6 Å². The zero-order chi connectivity index (χ0) is 12.1. The Morgan fingerprint density at radius 2 is 2.06 bits per heavy atom. The predicted octanol–water partition coefficient (Wildman–Crippen LogP) is 0.557. The second-order valence-electron chi connectivity index (χ2n) is 4.77. The van der Waals surface area contributed by atoms with Gasteiger partial charge in [-0.3, -0.25) is 4.79 Å². The van der Waals surface area contributed by atoms with Gasteiger partial charge in [0, 0.05) is 13.1 Å². The number of rotatable bonds is 4. The van der Waals surface area contributed by atoms with E-state index in [4.69, 9.17) is 5.11 Å². The first-order valence-electron chi connectivity index (χ1n) is 6.16. The van der Waals surface area contributed by atoms with Crippen LogP contribution in [0.25, 0.3) is 0 Å². The van der Waals surface area contributed by atoms with E-state index in [2.05, 4.69) is 11.9 Å². The number of piperidine rings is 1. The molecule has 1 unspecified atom stereocenters. The molecule has 1 atom stereocenters. The second-order valence-corrected chi connectivity index (χ2v) is 4.77. The zero-order valence-electron chi connectivity index (χ0n) is 10.6. The molecule has 4 nitrogen and oxygen atoms in total. The molecule has 0 aromatic carbocycles. The number of carbonyl (C=O) groups is 1. The molecule has 1 fully saturated rings. The van der Waals surface area contributed by atoms with Crippen LogP contribution in [0.5, 0.6) is 0 Å². The third-order valence-electron chi connectivity index (χ3n) is 3.65. The molecule has 0 saturated carbocycles. The molecule has 0 bridgehead atoms. The van der Waals surface area contributed by atoms with Crippen molar-refractivity contribution in [3.63, 3.8) is 0 Å². The van der Waals surface area contributed by atoms with Crippen molar-refractivity contribution >= 4 is 5.91 Å². The van der Waals surface area contributed by atoms with Gasteiger partial charge in [0.1, 0.15) is 0 Å². The molecule has 1 N–H and O–H groups in total. The van der Waals surface area contributed by atoms with Crippen molar-refractivity contribution in [2.75, 3.05) is 33.8 Å². The summed E-state index contributed by atoms with van der Waals surface area (Å²) >= 11 is 0. The highest BCUT2D eigenvalue weighted by Crippen LogP contribution is 2.17. The molecule has 94 valence electrons. The molecule has 0 radical (unpaired) electrons. The van der Waals surface area contributed by atoms with Gasteiger partial charge in [-0.15, -0.1) is 0 Å². The van der Waals surface area contributed by atoms with Crippen molar-refractivity contribution in [2.24, 2.45) is 5.92 Å². The Kier molecular flexibility index (Phi) is 5.22. The normalized spacial score (nSPS) is 20.8. The molecule has 0 aliphatic carbocycles. The summed E-state index contributed by atoms with van der Waals surface area (Å²) in [7, 11) is 3.98. The number of carbonyl (C=O) groups excluding carboxylic acids is 1. The second kappa shape index (κ2) is 6.21. The summed E-state index contributed by atoms with van der Waals surface area (Å²) in [5.74, 6) is -0.121. The fourth-order valence-electron chi connectivity index (χ4n) is 2.23. The van der Waals surface area contributed by atoms with Crippen LogP contribution in [-0.2, 0) is 4.79 Å². The Bertz CT molecular complexity index is 221. The fraction of sp³-hybridized carbons (Fsp3) is 0.917. The average Bonchev–Trinajstić information content (AvgIpc) is 2.30. The van der Waals surface area contributed by atoms with Crippen molar-refractivity contribution < 1.29 is 9.90 Å². The van der Waals surface area contributed by atoms with Crippen LogP contribution in [0.15, 0.2) is 0 Å². The molecule has 1 heterocycles. The summed E-state index contributed by atoms with van der Waals surface area (Å²) in [4.78, 5) is 16.2. The quantitative estimate of drug-likeness (QED) is 0.764. The lowest BCUT2D eigenvalue weighted by Crippen LogP contribution is -2.46. The first-order chi connectivity index (χ1) is 7.60. The number of nitrogens with zero attached hydrogens (tertiary/aromatic N) is 2. The Labute approximate surface area is 98.2 Å². The first kappa shape index (κ1) is 13.5. The van der Waals surface area contributed by atoms with Crippen molar-refractivity contribution in [2.45, 2.75) is 32.2 Å². The maximum absolute atomic E-state index is 12.0. The highest BCUT2D eigenvalue weighted by molar-refractivity contribution is 5.79. The third kappa shape index (κ3) is 3.19. The van der Waals surface area contributed by atoms with E-state index in [0.29, 0.717) is 12.5 Å². The highest BCUT2D eigenvalue weighted by atomic mass is 16.3. The molecule has 1 saturated heterocycles. The largest absolute Gasteiger partial charge is 0.396 e. The Hall–Kier alpha value is -0.610. The molecule has 0 spiro atoms. The minimum absolute atomic E-state index is 0.0354. The molecular weight excluding hydrogens is 204 g/mol. The third-order valence-corrected chi connectivity index (χ3v) is 3.65. The van der Waals surface area contributed by atoms with Gasteiger partial charge in [0.15, 0.2) is 0 Å². The van der Waals surface area contributed by atoms with E-state index in [0.717, 1.165) is 25.9 Å². The SMILES string of the molecule is CCC(CO)C(=O)N(C)C1CCN(C)CC1. The minimum atomic E-state index is -0.218. The van der Waals surface area contributed by atoms with Crippen LogP contribution in [0.1, 0.15) is 26.2 Å². The summed E-state index contributed by atoms with van der Waals surface area (Å²) in [6.45, 7) is 4.02. The lowest BCUT2D eigenvalue weighted by Gasteiger charge is -2.36. The maximum Gasteiger partial charge on any atom is 0.227 e. The van der Waals surface area contributed by atoms with Crippen LogP contribution in [0.2, 0.25) is 0 Å². The Balaban J connectivity index is 2.50. The van der Waals surface area contributed by atoms with E-state index in [9.17, 15) is 4.79 Å². The van der Waals surface area contributed by atoms with Gasteiger partial charge in [-0.2, -0.15) is 0 Å². The molecule has 1 amide bonds. The van der Waals surface area contributed by atoms with E-state index < -0.39 is 0 Å². The van der Waals surface area contributed by atoms with Gasteiger partial charge in [-0.25, -0.2) is 0 Å². The van der Waals surface area contributed by atoms with Gasteiger partial charge >= 0.3 is 0 Å². The van der Waals surface area contributed by atoms with E-state index in [1.165, 1.54) is 0 Å². The number of aliphatic hydroxyl groups excluding tert-OH is 1. The van der Waals surface area contributed by atoms with E-state index >= 15 is 0 Å². The summed E-state index contributed by atoms with van der Waals surface area (Å²) in [6, 6.07) is 0.351. The summed E-state index contributed by atoms with van der Waals surface area (Å²) in [5, 5.41) is 9.13. The standard InChI is InChI=1S/C12H24N2O2/c1-4-10(9-15)12(16)14(3)11-5-7-13(2)8-6-11/h10-11,15H,4-9H2,1-3H3. The summed E-state index contributed by atoms with van der Waals surface area (Å²) in [5.41, 5.74) is 0. The number of hydrogen-bond acceptors (Lipinski definition) is 3. The number of likely N-dealkylation sites (tertiary alicyclic amines) is 1. The number of hydrogen-bond donors (Lipinski definition) is 1. The van der Waals surface area contributed by atoms with E-state index in [1.54, 1.807) is 0 Å². The van der Waals surface area contributed by atoms with Gasteiger partial charge in [0.05, 0.1) is 12.5 Å². The van der Waals surface area contributed by atoms with Gasteiger partial charge in [-0.1, -0.05) is 6.92 Å².